The summed E-state index contributed by atoms with van der Waals surface area (Å²) in [5.74, 6) is -0.364. The lowest BCUT2D eigenvalue weighted by Crippen LogP contribution is -2.32. The second kappa shape index (κ2) is 8.95. The molecule has 1 N–H and O–H groups in total. The van der Waals surface area contributed by atoms with Crippen molar-refractivity contribution in [2.75, 3.05) is 25.5 Å². The molecule has 1 amide bonds. The average molecular weight is 505 g/mol. The standard InChI is InChI=1S/C23H23F4N7O2/c1-11-28-20-15(24)6-13(7-18(20)33(11)10-19(26)27)14-4-5-34-21(14)22(36-3)30-23(31-34)29-17-9-32(12(2)35)8-16(17)25/h4-7,16-17,19H,8-10H2,1-3H3,(H,29,31)/t16-,17+/m0/s1. The lowest BCUT2D eigenvalue weighted by atomic mass is 10.1. The van der Waals surface area contributed by atoms with E-state index in [-0.39, 0.29) is 47.7 Å². The van der Waals surface area contributed by atoms with Crippen molar-refractivity contribution in [2.24, 2.45) is 0 Å². The third-order valence-electron chi connectivity index (χ3n) is 6.31. The summed E-state index contributed by atoms with van der Waals surface area (Å²) in [5.41, 5.74) is 1.57. The number of nitrogens with one attached hydrogen (secondary N) is 1. The van der Waals surface area contributed by atoms with Crippen LogP contribution in [0.25, 0.3) is 27.7 Å². The Bertz CT molecular complexity index is 1470. The summed E-state index contributed by atoms with van der Waals surface area (Å²) < 4.78 is 63.9. The molecule has 2 atom stereocenters. The molecule has 9 nitrogen and oxygen atoms in total. The van der Waals surface area contributed by atoms with Crippen molar-refractivity contribution < 1.29 is 27.1 Å². The fourth-order valence-corrected chi connectivity index (χ4v) is 4.57. The maximum absolute atomic E-state index is 15.0. The Morgan fingerprint density at radius 1 is 1.28 bits per heavy atom. The SMILES string of the molecule is COc1nc(N[C@@H]2CN(C(C)=O)C[C@@H]2F)nn2ccc(-c3cc(F)c4nc(C)n(CC(F)F)c4c3)c12. The zero-order valence-corrected chi connectivity index (χ0v) is 19.7. The molecule has 1 aromatic carbocycles. The molecule has 1 fully saturated rings. The first kappa shape index (κ1) is 23.8. The van der Waals surface area contributed by atoms with Crippen LogP contribution in [0.2, 0.25) is 0 Å². The van der Waals surface area contributed by atoms with Crippen LogP contribution in [0.15, 0.2) is 24.4 Å². The van der Waals surface area contributed by atoms with E-state index in [2.05, 4.69) is 20.4 Å². The number of anilines is 1. The average Bonchev–Trinajstić information content (AvgIpc) is 3.50. The molecule has 1 aliphatic heterocycles. The fraction of sp³-hybridized carbons (Fsp3) is 0.391. The molecular weight excluding hydrogens is 482 g/mol. The highest BCUT2D eigenvalue weighted by Crippen LogP contribution is 2.34. The number of carbonyl (C=O) groups is 1. The first-order chi connectivity index (χ1) is 17.2. The molecule has 0 spiro atoms. The van der Waals surface area contributed by atoms with E-state index in [1.54, 1.807) is 25.3 Å². The van der Waals surface area contributed by atoms with Crippen molar-refractivity contribution in [3.63, 3.8) is 0 Å². The van der Waals surface area contributed by atoms with Gasteiger partial charge in [-0.2, -0.15) is 4.98 Å². The summed E-state index contributed by atoms with van der Waals surface area (Å²) in [5, 5.41) is 7.30. The number of carbonyl (C=O) groups excluding carboxylic acids is 1. The minimum Gasteiger partial charge on any atom is -0.479 e. The van der Waals surface area contributed by atoms with Crippen LogP contribution in [0.4, 0.5) is 23.5 Å². The van der Waals surface area contributed by atoms with Gasteiger partial charge in [0.05, 0.1) is 31.8 Å². The molecule has 1 aliphatic rings. The summed E-state index contributed by atoms with van der Waals surface area (Å²) in [6.07, 6.45) is -2.32. The third kappa shape index (κ3) is 4.07. The van der Waals surface area contributed by atoms with Gasteiger partial charge in [-0.3, -0.25) is 4.79 Å². The molecule has 36 heavy (non-hydrogen) atoms. The Morgan fingerprint density at radius 3 is 2.72 bits per heavy atom. The smallest absolute Gasteiger partial charge is 0.256 e. The summed E-state index contributed by atoms with van der Waals surface area (Å²) in [6.45, 7) is 2.46. The van der Waals surface area contributed by atoms with Crippen LogP contribution in [0.1, 0.15) is 12.7 Å². The van der Waals surface area contributed by atoms with Gasteiger partial charge in [0.2, 0.25) is 17.7 Å². The molecule has 0 bridgehead atoms. The van der Waals surface area contributed by atoms with Gasteiger partial charge in [-0.25, -0.2) is 27.1 Å². The summed E-state index contributed by atoms with van der Waals surface area (Å²) in [6, 6.07) is 3.83. The number of alkyl halides is 3. The number of amides is 1. The largest absolute Gasteiger partial charge is 0.479 e. The zero-order valence-electron chi connectivity index (χ0n) is 19.7. The number of hydrogen-bond acceptors (Lipinski definition) is 6. The predicted octanol–water partition coefficient (Wildman–Crippen LogP) is 3.45. The highest BCUT2D eigenvalue weighted by Gasteiger charge is 2.35. The highest BCUT2D eigenvalue weighted by atomic mass is 19.3. The number of halogens is 4. The molecule has 5 rings (SSSR count). The molecule has 0 saturated carbocycles. The van der Waals surface area contributed by atoms with E-state index in [9.17, 15) is 22.4 Å². The number of ether oxygens (including phenoxy) is 1. The summed E-state index contributed by atoms with van der Waals surface area (Å²) >= 11 is 0. The van der Waals surface area contributed by atoms with Gasteiger partial charge >= 0.3 is 0 Å². The second-order valence-corrected chi connectivity index (χ2v) is 8.64. The topological polar surface area (TPSA) is 89.6 Å². The van der Waals surface area contributed by atoms with E-state index in [4.69, 9.17) is 4.74 Å². The van der Waals surface area contributed by atoms with Crippen molar-refractivity contribution in [1.82, 2.24) is 29.0 Å². The Balaban J connectivity index is 1.55. The van der Waals surface area contributed by atoms with Crippen molar-refractivity contribution >= 4 is 28.4 Å². The number of nitrogens with zero attached hydrogens (tertiary/aromatic N) is 6. The second-order valence-electron chi connectivity index (χ2n) is 8.64. The fourth-order valence-electron chi connectivity index (χ4n) is 4.57. The predicted molar refractivity (Wildman–Crippen MR) is 124 cm³/mol. The Labute approximate surface area is 202 Å². The van der Waals surface area contributed by atoms with Crippen LogP contribution in [-0.4, -0.2) is 73.8 Å². The minimum atomic E-state index is -2.63. The number of aryl methyl sites for hydroxylation is 1. The van der Waals surface area contributed by atoms with Crippen LogP contribution >= 0.6 is 0 Å². The number of rotatable bonds is 6. The molecule has 13 heteroatoms. The van der Waals surface area contributed by atoms with Gasteiger partial charge in [-0.05, 0) is 30.7 Å². The minimum absolute atomic E-state index is 0.00654. The van der Waals surface area contributed by atoms with Crippen LogP contribution in [0.5, 0.6) is 5.88 Å². The molecule has 4 heterocycles. The quantitative estimate of drug-likeness (QED) is 0.404. The van der Waals surface area contributed by atoms with E-state index in [0.717, 1.165) is 0 Å². The monoisotopic (exact) mass is 505 g/mol. The number of imidazole rings is 1. The molecule has 0 aliphatic carbocycles. The molecule has 0 radical (unpaired) electrons. The number of fused-ring (bicyclic) bond motifs is 2. The Hall–Kier alpha value is -3.90. The van der Waals surface area contributed by atoms with Gasteiger partial charge in [0.25, 0.3) is 6.43 Å². The number of methoxy groups -OCH3 is 1. The lowest BCUT2D eigenvalue weighted by molar-refractivity contribution is -0.128. The molecule has 4 aromatic rings. The van der Waals surface area contributed by atoms with Gasteiger partial charge in [-0.15, -0.1) is 5.10 Å². The van der Waals surface area contributed by atoms with Gasteiger partial charge < -0.3 is 19.5 Å². The van der Waals surface area contributed by atoms with Gasteiger partial charge in [0.15, 0.2) is 5.82 Å². The summed E-state index contributed by atoms with van der Waals surface area (Å²) in [4.78, 5) is 21.4. The molecular formula is C23H23F4N7O2. The van der Waals surface area contributed by atoms with Crippen molar-refractivity contribution in [1.29, 1.82) is 0 Å². The Kier molecular flexibility index (Phi) is 5.92. The van der Waals surface area contributed by atoms with Gasteiger partial charge in [-0.1, -0.05) is 0 Å². The third-order valence-corrected chi connectivity index (χ3v) is 6.31. The molecule has 0 unspecified atom stereocenters. The maximum atomic E-state index is 15.0. The van der Waals surface area contributed by atoms with Crippen LogP contribution in [0, 0.1) is 12.7 Å². The number of benzene rings is 1. The van der Waals surface area contributed by atoms with Crippen LogP contribution < -0.4 is 10.1 Å². The summed E-state index contributed by atoms with van der Waals surface area (Å²) in [7, 11) is 1.40. The van der Waals surface area contributed by atoms with Gasteiger partial charge in [0, 0.05) is 25.2 Å². The van der Waals surface area contributed by atoms with Crippen molar-refractivity contribution in [3.05, 3.63) is 36.0 Å². The molecule has 3 aromatic heterocycles. The molecule has 190 valence electrons. The van der Waals surface area contributed by atoms with E-state index in [1.807, 2.05) is 0 Å². The van der Waals surface area contributed by atoms with E-state index in [1.165, 1.54) is 34.1 Å². The van der Waals surface area contributed by atoms with E-state index >= 15 is 0 Å². The van der Waals surface area contributed by atoms with E-state index < -0.39 is 31.0 Å². The highest BCUT2D eigenvalue weighted by molar-refractivity contribution is 5.90. The maximum Gasteiger partial charge on any atom is 0.256 e. The van der Waals surface area contributed by atoms with Gasteiger partial charge in [0.1, 0.15) is 23.0 Å². The first-order valence-corrected chi connectivity index (χ1v) is 11.2. The number of hydrogen-bond donors (Lipinski definition) is 1. The van der Waals surface area contributed by atoms with Crippen LogP contribution in [-0.2, 0) is 11.3 Å². The Morgan fingerprint density at radius 2 is 2.06 bits per heavy atom. The molecule has 1 saturated heterocycles. The number of aromatic nitrogens is 5. The number of likely N-dealkylation sites (tertiary alicyclic amines) is 1. The van der Waals surface area contributed by atoms with Crippen LogP contribution in [0.3, 0.4) is 0 Å². The lowest BCUT2D eigenvalue weighted by Gasteiger charge is -2.16. The first-order valence-electron chi connectivity index (χ1n) is 11.2. The zero-order chi connectivity index (χ0) is 25.7. The normalized spacial score (nSPS) is 18.1. The van der Waals surface area contributed by atoms with E-state index in [0.29, 0.717) is 16.6 Å². The van der Waals surface area contributed by atoms with Crippen molar-refractivity contribution in [2.45, 2.75) is 39.0 Å². The van der Waals surface area contributed by atoms with Crippen molar-refractivity contribution in [3.8, 4) is 17.0 Å².